The Morgan fingerprint density at radius 3 is 2.00 bits per heavy atom. The monoisotopic (exact) mass is 348 g/mol. The third-order valence-corrected chi connectivity index (χ3v) is 3.26. The Hall–Kier alpha value is -1.81. The van der Waals surface area contributed by atoms with Gasteiger partial charge in [-0.1, -0.05) is 13.8 Å². The molecule has 23 heavy (non-hydrogen) atoms. The smallest absolute Gasteiger partial charge is 0.327 e. The van der Waals surface area contributed by atoms with E-state index in [0.717, 1.165) is 0 Å². The fraction of sp³-hybridized carbons (Fsp3) is 0.692. The highest BCUT2D eigenvalue weighted by atomic mass is 32.1. The molecule has 3 unspecified atom stereocenters. The zero-order chi connectivity index (χ0) is 18.2. The van der Waals surface area contributed by atoms with Crippen molar-refractivity contribution in [1.29, 1.82) is 0 Å². The molecule has 0 aromatic carbocycles. The van der Waals surface area contributed by atoms with Crippen LogP contribution in [0, 0.1) is 5.92 Å². The van der Waals surface area contributed by atoms with E-state index in [9.17, 15) is 19.2 Å². The van der Waals surface area contributed by atoms with Crippen LogP contribution < -0.4 is 22.1 Å². The molecule has 3 amide bonds. The maximum Gasteiger partial charge on any atom is 0.327 e. The van der Waals surface area contributed by atoms with Crippen molar-refractivity contribution in [1.82, 2.24) is 10.6 Å². The lowest BCUT2D eigenvalue weighted by atomic mass is 10.0. The Morgan fingerprint density at radius 1 is 1.09 bits per heavy atom. The molecule has 0 rings (SSSR count). The third-order valence-electron chi connectivity index (χ3n) is 2.90. The van der Waals surface area contributed by atoms with Gasteiger partial charge in [-0.05, 0) is 12.3 Å². The third kappa shape index (κ3) is 8.41. The number of carboxylic acids is 1. The van der Waals surface area contributed by atoms with Crippen molar-refractivity contribution in [3.8, 4) is 0 Å². The van der Waals surface area contributed by atoms with Crippen LogP contribution in [0.1, 0.15) is 26.7 Å². The SMILES string of the molecule is CC(C)CC(NC(=O)C(N)CC(N)=O)C(=O)NC(CS)C(=O)O. The van der Waals surface area contributed by atoms with E-state index >= 15 is 0 Å². The van der Waals surface area contributed by atoms with Crippen molar-refractivity contribution in [2.24, 2.45) is 17.4 Å². The van der Waals surface area contributed by atoms with E-state index in [1.165, 1.54) is 0 Å². The van der Waals surface area contributed by atoms with E-state index in [1.807, 2.05) is 13.8 Å². The van der Waals surface area contributed by atoms with Crippen LogP contribution in [0.15, 0.2) is 0 Å². The molecule has 0 radical (unpaired) electrons. The van der Waals surface area contributed by atoms with Gasteiger partial charge in [0, 0.05) is 5.75 Å². The molecule has 3 atom stereocenters. The number of hydrogen-bond donors (Lipinski definition) is 6. The summed E-state index contributed by atoms with van der Waals surface area (Å²) >= 11 is 3.85. The molecule has 0 saturated carbocycles. The minimum Gasteiger partial charge on any atom is -0.480 e. The molecule has 0 saturated heterocycles. The lowest BCUT2D eigenvalue weighted by Gasteiger charge is -2.23. The standard InChI is InChI=1S/C13H24N4O5S/c1-6(2)3-8(12(20)17-9(5-23)13(21)22)16-11(19)7(14)4-10(15)18/h6-9,23H,3-5,14H2,1-2H3,(H2,15,18)(H,16,19)(H,17,20)(H,21,22). The first kappa shape index (κ1) is 21.2. The molecule has 9 nitrogen and oxygen atoms in total. The number of carboxylic acid groups (broad SMARTS) is 1. The summed E-state index contributed by atoms with van der Waals surface area (Å²) in [6.07, 6.45) is -0.0734. The minimum absolute atomic E-state index is 0.0534. The first-order chi connectivity index (χ1) is 10.6. The number of aliphatic carboxylic acids is 1. The molecule has 0 heterocycles. The molecule has 0 aliphatic heterocycles. The Balaban J connectivity index is 4.92. The molecule has 0 spiro atoms. The fourth-order valence-electron chi connectivity index (χ4n) is 1.75. The zero-order valence-corrected chi connectivity index (χ0v) is 14.0. The topological polar surface area (TPSA) is 165 Å². The van der Waals surface area contributed by atoms with Crippen LogP contribution in [0.3, 0.4) is 0 Å². The molecular weight excluding hydrogens is 324 g/mol. The lowest BCUT2D eigenvalue weighted by molar-refractivity contribution is -0.141. The van der Waals surface area contributed by atoms with Gasteiger partial charge in [-0.3, -0.25) is 14.4 Å². The van der Waals surface area contributed by atoms with Crippen LogP contribution in [0.25, 0.3) is 0 Å². The highest BCUT2D eigenvalue weighted by molar-refractivity contribution is 7.80. The lowest BCUT2D eigenvalue weighted by Crippen LogP contribution is -2.55. The van der Waals surface area contributed by atoms with Gasteiger partial charge in [0.05, 0.1) is 12.5 Å². The van der Waals surface area contributed by atoms with Gasteiger partial charge in [-0.15, -0.1) is 0 Å². The Kier molecular flexibility index (Phi) is 9.27. The second-order valence-electron chi connectivity index (χ2n) is 5.55. The van der Waals surface area contributed by atoms with Gasteiger partial charge in [-0.2, -0.15) is 12.6 Å². The summed E-state index contributed by atoms with van der Waals surface area (Å²) in [5.74, 6) is -3.36. The number of nitrogens with one attached hydrogen (secondary N) is 2. The van der Waals surface area contributed by atoms with Crippen molar-refractivity contribution < 1.29 is 24.3 Å². The summed E-state index contributed by atoms with van der Waals surface area (Å²) in [5, 5.41) is 13.6. The van der Waals surface area contributed by atoms with Crippen LogP contribution in [0.5, 0.6) is 0 Å². The molecule has 0 aliphatic carbocycles. The van der Waals surface area contributed by atoms with E-state index in [2.05, 4.69) is 23.3 Å². The van der Waals surface area contributed by atoms with Crippen molar-refractivity contribution in [2.75, 3.05) is 5.75 Å². The average Bonchev–Trinajstić information content (AvgIpc) is 2.41. The fourth-order valence-corrected chi connectivity index (χ4v) is 2.00. The van der Waals surface area contributed by atoms with E-state index < -0.39 is 41.8 Å². The predicted molar refractivity (Wildman–Crippen MR) is 86.6 cm³/mol. The van der Waals surface area contributed by atoms with Crippen molar-refractivity contribution in [3.63, 3.8) is 0 Å². The number of rotatable bonds is 10. The summed E-state index contributed by atoms with van der Waals surface area (Å²) in [5.41, 5.74) is 10.5. The van der Waals surface area contributed by atoms with Gasteiger partial charge in [0.2, 0.25) is 17.7 Å². The second-order valence-corrected chi connectivity index (χ2v) is 5.91. The number of nitrogens with two attached hydrogens (primary N) is 2. The maximum absolute atomic E-state index is 12.2. The predicted octanol–water partition coefficient (Wildman–Crippen LogP) is -1.78. The number of amides is 3. The molecule has 0 aromatic heterocycles. The largest absolute Gasteiger partial charge is 0.480 e. The van der Waals surface area contributed by atoms with Crippen LogP contribution in [0.4, 0.5) is 0 Å². The van der Waals surface area contributed by atoms with Gasteiger partial charge in [0.1, 0.15) is 12.1 Å². The maximum atomic E-state index is 12.2. The second kappa shape index (κ2) is 10.1. The number of primary amides is 1. The van der Waals surface area contributed by atoms with Crippen molar-refractivity contribution >= 4 is 36.3 Å². The summed E-state index contributed by atoms with van der Waals surface area (Å²) in [6.45, 7) is 3.67. The van der Waals surface area contributed by atoms with Gasteiger partial charge < -0.3 is 27.2 Å². The number of carbonyl (C=O) groups is 4. The van der Waals surface area contributed by atoms with E-state index in [0.29, 0.717) is 0 Å². The minimum atomic E-state index is -1.23. The van der Waals surface area contributed by atoms with Crippen molar-refractivity contribution in [2.45, 2.75) is 44.8 Å². The summed E-state index contributed by atoms with van der Waals surface area (Å²) in [6, 6.07) is -3.31. The molecule has 0 aliphatic rings. The number of hydrogen-bond acceptors (Lipinski definition) is 6. The van der Waals surface area contributed by atoms with E-state index in [4.69, 9.17) is 16.6 Å². The number of carbonyl (C=O) groups excluding carboxylic acids is 3. The molecule has 0 bridgehead atoms. The molecule has 7 N–H and O–H groups in total. The Morgan fingerprint density at radius 2 is 1.61 bits per heavy atom. The van der Waals surface area contributed by atoms with Crippen LogP contribution in [0.2, 0.25) is 0 Å². The van der Waals surface area contributed by atoms with Crippen LogP contribution in [-0.4, -0.2) is 52.7 Å². The van der Waals surface area contributed by atoms with Gasteiger partial charge in [-0.25, -0.2) is 4.79 Å². The average molecular weight is 348 g/mol. The van der Waals surface area contributed by atoms with Crippen LogP contribution in [-0.2, 0) is 19.2 Å². The van der Waals surface area contributed by atoms with Crippen molar-refractivity contribution in [3.05, 3.63) is 0 Å². The first-order valence-corrected chi connectivity index (χ1v) is 7.70. The Labute approximate surface area is 139 Å². The first-order valence-electron chi connectivity index (χ1n) is 7.06. The quantitative estimate of drug-likeness (QED) is 0.255. The van der Waals surface area contributed by atoms with Crippen LogP contribution >= 0.6 is 12.6 Å². The summed E-state index contributed by atoms with van der Waals surface area (Å²) in [7, 11) is 0. The molecule has 10 heteroatoms. The summed E-state index contributed by atoms with van der Waals surface area (Å²) < 4.78 is 0. The molecule has 0 fully saturated rings. The number of thiol groups is 1. The Bertz CT molecular complexity index is 458. The molecule has 0 aromatic rings. The molecule has 132 valence electrons. The normalized spacial score (nSPS) is 14.7. The molecular formula is C13H24N4O5S. The van der Waals surface area contributed by atoms with E-state index in [-0.39, 0.29) is 24.5 Å². The van der Waals surface area contributed by atoms with Gasteiger partial charge in [0.15, 0.2) is 0 Å². The highest BCUT2D eigenvalue weighted by Crippen LogP contribution is 2.06. The zero-order valence-electron chi connectivity index (χ0n) is 13.1. The van der Waals surface area contributed by atoms with E-state index in [1.54, 1.807) is 0 Å². The van der Waals surface area contributed by atoms with Gasteiger partial charge >= 0.3 is 5.97 Å². The van der Waals surface area contributed by atoms with Gasteiger partial charge in [0.25, 0.3) is 0 Å². The highest BCUT2D eigenvalue weighted by Gasteiger charge is 2.28. The summed E-state index contributed by atoms with van der Waals surface area (Å²) in [4.78, 5) is 45.8.